The van der Waals surface area contributed by atoms with Gasteiger partial charge in [0, 0.05) is 28.9 Å². The van der Waals surface area contributed by atoms with Crippen LogP contribution < -0.4 is 15.4 Å². The molecule has 3 atom stereocenters. The molecule has 0 bridgehead atoms. The predicted octanol–water partition coefficient (Wildman–Crippen LogP) is 6.08. The number of nitrogens with zero attached hydrogens (tertiary/aromatic N) is 2. The van der Waals surface area contributed by atoms with Crippen LogP contribution in [0.5, 0.6) is 5.75 Å². The maximum absolute atomic E-state index is 13.6. The van der Waals surface area contributed by atoms with E-state index in [1.807, 2.05) is 27.7 Å². The summed E-state index contributed by atoms with van der Waals surface area (Å²) >= 11 is 0. The monoisotopic (exact) mass is 569 g/mol. The lowest BCUT2D eigenvalue weighted by molar-refractivity contribution is 0.0495. The number of aryl methyl sites for hydroxylation is 1. The number of H-pyrrole nitrogens is 1. The van der Waals surface area contributed by atoms with Crippen molar-refractivity contribution in [2.45, 2.75) is 84.4 Å². The Kier molecular flexibility index (Phi) is 7.89. The minimum Gasteiger partial charge on any atom is -0.493 e. The molecule has 0 saturated heterocycles. The van der Waals surface area contributed by atoms with E-state index < -0.39 is 18.1 Å². The first-order chi connectivity index (χ1) is 19.4. The van der Waals surface area contributed by atoms with Crippen molar-refractivity contribution in [2.24, 2.45) is 11.8 Å². The van der Waals surface area contributed by atoms with E-state index in [0.29, 0.717) is 64.7 Å². The molecule has 220 valence electrons. The Bertz CT molecular complexity index is 1450. The van der Waals surface area contributed by atoms with E-state index in [-0.39, 0.29) is 29.5 Å². The highest BCUT2D eigenvalue weighted by Gasteiger charge is 2.35. The summed E-state index contributed by atoms with van der Waals surface area (Å²) in [6.07, 6.45) is 1.64. The van der Waals surface area contributed by atoms with E-state index >= 15 is 0 Å². The van der Waals surface area contributed by atoms with E-state index in [4.69, 9.17) is 9.47 Å². The summed E-state index contributed by atoms with van der Waals surface area (Å²) in [5.74, 6) is 0.772. The molecule has 0 unspecified atom stereocenters. The van der Waals surface area contributed by atoms with E-state index in [1.54, 1.807) is 13.0 Å². The summed E-state index contributed by atoms with van der Waals surface area (Å²) < 4.78 is 38.7. The third-order valence-corrected chi connectivity index (χ3v) is 7.60. The average molecular weight is 570 g/mol. The summed E-state index contributed by atoms with van der Waals surface area (Å²) in [5, 5.41) is 6.02. The molecule has 3 aromatic rings. The van der Waals surface area contributed by atoms with Gasteiger partial charge < -0.3 is 25.1 Å². The van der Waals surface area contributed by atoms with E-state index in [0.717, 1.165) is 12.8 Å². The Balaban J connectivity index is 1.38. The van der Waals surface area contributed by atoms with Gasteiger partial charge >= 0.3 is 6.09 Å². The van der Waals surface area contributed by atoms with Gasteiger partial charge in [-0.25, -0.2) is 23.5 Å². The molecule has 11 heteroatoms. The lowest BCUT2D eigenvalue weighted by Crippen LogP contribution is -2.41. The van der Waals surface area contributed by atoms with Gasteiger partial charge in [-0.1, -0.05) is 6.92 Å². The summed E-state index contributed by atoms with van der Waals surface area (Å²) in [5.41, 5.74) is 1.89. The molecule has 2 fully saturated rings. The number of aromatic nitrogens is 3. The zero-order chi connectivity index (χ0) is 29.5. The van der Waals surface area contributed by atoms with Gasteiger partial charge in [-0.05, 0) is 83.4 Å². The average Bonchev–Trinajstić information content (AvgIpc) is 3.56. The summed E-state index contributed by atoms with van der Waals surface area (Å²) in [4.78, 5) is 37.8. The molecule has 5 rings (SSSR count). The molecule has 2 aliphatic rings. The van der Waals surface area contributed by atoms with Crippen molar-refractivity contribution in [1.82, 2.24) is 25.6 Å². The van der Waals surface area contributed by atoms with Crippen molar-refractivity contribution in [3.05, 3.63) is 41.3 Å². The van der Waals surface area contributed by atoms with Crippen molar-refractivity contribution in [3.8, 4) is 17.0 Å². The molecular formula is C30H37F2N5O4. The molecule has 2 aromatic heterocycles. The van der Waals surface area contributed by atoms with E-state index in [1.165, 1.54) is 18.5 Å². The Morgan fingerprint density at radius 2 is 1.90 bits per heavy atom. The quantitative estimate of drug-likeness (QED) is 0.303. The summed E-state index contributed by atoms with van der Waals surface area (Å²) in [6, 6.07) is 4.01. The molecule has 9 nitrogen and oxygen atoms in total. The van der Waals surface area contributed by atoms with Gasteiger partial charge in [-0.15, -0.1) is 0 Å². The Morgan fingerprint density at radius 1 is 1.15 bits per heavy atom. The highest BCUT2D eigenvalue weighted by Crippen LogP contribution is 2.38. The number of alkyl halides is 2. The van der Waals surface area contributed by atoms with Gasteiger partial charge in [-0.2, -0.15) is 0 Å². The van der Waals surface area contributed by atoms with Crippen LogP contribution in [0.3, 0.4) is 0 Å². The lowest BCUT2D eigenvalue weighted by Gasteiger charge is -2.23. The third-order valence-electron chi connectivity index (χ3n) is 7.60. The molecule has 41 heavy (non-hydrogen) atoms. The Morgan fingerprint density at radius 3 is 2.59 bits per heavy atom. The van der Waals surface area contributed by atoms with Crippen LogP contribution in [0, 0.1) is 18.8 Å². The smallest absolute Gasteiger partial charge is 0.407 e. The number of amides is 2. The van der Waals surface area contributed by atoms with Crippen LogP contribution in [0.15, 0.2) is 24.5 Å². The number of alkyl carbamates (subject to hydrolysis) is 1. The molecule has 0 aliphatic heterocycles. The zero-order valence-electron chi connectivity index (χ0n) is 24.0. The third kappa shape index (κ3) is 6.60. The Labute approximate surface area is 237 Å². The second-order valence-corrected chi connectivity index (χ2v) is 12.3. The van der Waals surface area contributed by atoms with Crippen LogP contribution in [0.1, 0.15) is 81.4 Å². The van der Waals surface area contributed by atoms with Gasteiger partial charge in [0.2, 0.25) is 0 Å². The zero-order valence-corrected chi connectivity index (χ0v) is 24.0. The first-order valence-corrected chi connectivity index (χ1v) is 14.1. The highest BCUT2D eigenvalue weighted by atomic mass is 19.3. The van der Waals surface area contributed by atoms with E-state index in [2.05, 4.69) is 25.6 Å². The van der Waals surface area contributed by atoms with E-state index in [9.17, 15) is 18.4 Å². The number of ether oxygens (including phenoxy) is 2. The molecule has 1 aromatic carbocycles. The first kappa shape index (κ1) is 28.8. The van der Waals surface area contributed by atoms with Crippen molar-refractivity contribution in [2.75, 3.05) is 6.61 Å². The number of hydrogen-bond acceptors (Lipinski definition) is 6. The van der Waals surface area contributed by atoms with Gasteiger partial charge in [0.15, 0.2) is 0 Å². The number of carbonyl (C=O) groups excluding carboxylic acids is 2. The second kappa shape index (κ2) is 11.3. The minimum absolute atomic E-state index is 0.135. The standard InChI is InChI=1S/C30H37F2N5O4/c1-15-10-19(12-21(15)37-29(39)41-30(3,4)5)36-28(38)23-16(2)35-26-24(33-14-34-25(23)26)20-11-18(27(31)32)8-9-22(20)40-13-17-6-7-17/h8-9,11,14-15,17,19,21,27,35H,6-7,10,12-13H2,1-5H3,(H,36,38)(H,37,39)/t15-,19+,21-/m0/s1. The second-order valence-electron chi connectivity index (χ2n) is 12.3. The highest BCUT2D eigenvalue weighted by molar-refractivity contribution is 6.09. The number of nitrogens with one attached hydrogen (secondary N) is 3. The molecule has 0 spiro atoms. The number of aromatic amines is 1. The lowest BCUT2D eigenvalue weighted by atomic mass is 10.0. The predicted molar refractivity (Wildman–Crippen MR) is 150 cm³/mol. The fraction of sp³-hybridized carbons (Fsp3) is 0.533. The van der Waals surface area contributed by atoms with Crippen molar-refractivity contribution >= 4 is 23.0 Å². The molecule has 2 aliphatic carbocycles. The van der Waals surface area contributed by atoms with Gasteiger partial charge in [0.1, 0.15) is 28.9 Å². The largest absolute Gasteiger partial charge is 0.493 e. The van der Waals surface area contributed by atoms with Crippen molar-refractivity contribution in [3.63, 3.8) is 0 Å². The number of halogens is 2. The number of hydrogen-bond donors (Lipinski definition) is 3. The van der Waals surface area contributed by atoms with Crippen LogP contribution >= 0.6 is 0 Å². The van der Waals surface area contributed by atoms with Crippen LogP contribution in [-0.2, 0) is 4.74 Å². The van der Waals surface area contributed by atoms with Crippen LogP contribution in [0.25, 0.3) is 22.3 Å². The topological polar surface area (TPSA) is 118 Å². The molecule has 3 N–H and O–H groups in total. The SMILES string of the molecule is Cc1[nH]c2c(-c3cc(C(F)F)ccc3OCC3CC3)ncnc2c1C(=O)N[C@H]1C[C@H](NC(=O)OC(C)(C)C)[C@@H](C)C1. The molecular weight excluding hydrogens is 532 g/mol. The Hall–Kier alpha value is -3.76. The fourth-order valence-corrected chi connectivity index (χ4v) is 5.37. The summed E-state index contributed by atoms with van der Waals surface area (Å²) in [7, 11) is 0. The fourth-order valence-electron chi connectivity index (χ4n) is 5.37. The van der Waals surface area contributed by atoms with Gasteiger partial charge in [0.05, 0.1) is 17.7 Å². The van der Waals surface area contributed by atoms with Crippen LogP contribution in [0.2, 0.25) is 0 Å². The number of benzene rings is 1. The maximum Gasteiger partial charge on any atom is 0.407 e. The molecule has 0 radical (unpaired) electrons. The normalized spacial score (nSPS) is 20.8. The van der Waals surface area contributed by atoms with Crippen molar-refractivity contribution < 1.29 is 27.8 Å². The first-order valence-electron chi connectivity index (χ1n) is 14.1. The summed E-state index contributed by atoms with van der Waals surface area (Å²) in [6.45, 7) is 9.74. The van der Waals surface area contributed by atoms with Crippen molar-refractivity contribution in [1.29, 1.82) is 0 Å². The van der Waals surface area contributed by atoms with Crippen LogP contribution in [-0.4, -0.2) is 51.2 Å². The number of fused-ring (bicyclic) bond motifs is 1. The number of rotatable bonds is 8. The molecule has 2 heterocycles. The van der Waals surface area contributed by atoms with Crippen LogP contribution in [0.4, 0.5) is 13.6 Å². The van der Waals surface area contributed by atoms with Gasteiger partial charge in [-0.3, -0.25) is 4.79 Å². The van der Waals surface area contributed by atoms with Gasteiger partial charge in [0.25, 0.3) is 12.3 Å². The molecule has 2 amide bonds. The maximum atomic E-state index is 13.6. The number of carbonyl (C=O) groups is 2. The molecule has 2 saturated carbocycles. The minimum atomic E-state index is -2.65.